The number of fused-ring (bicyclic) bond motifs is 4. The van der Waals surface area contributed by atoms with Crippen molar-refractivity contribution in [2.75, 3.05) is 19.0 Å². The van der Waals surface area contributed by atoms with Crippen molar-refractivity contribution in [1.29, 1.82) is 0 Å². The molecule has 0 radical (unpaired) electrons. The lowest BCUT2D eigenvalue weighted by atomic mass is 9.76. The van der Waals surface area contributed by atoms with Crippen LogP contribution in [0.4, 0.5) is 5.69 Å². The maximum Gasteiger partial charge on any atom is 0.240 e. The van der Waals surface area contributed by atoms with Crippen molar-refractivity contribution in [1.82, 2.24) is 4.72 Å². The Morgan fingerprint density at radius 2 is 1.78 bits per heavy atom. The third kappa shape index (κ3) is 4.41. The molecule has 0 saturated heterocycles. The van der Waals surface area contributed by atoms with E-state index in [1.54, 1.807) is 13.2 Å². The molecule has 0 spiro atoms. The molecule has 1 heterocycles. The summed E-state index contributed by atoms with van der Waals surface area (Å²) in [6.45, 7) is 0.358. The van der Waals surface area contributed by atoms with Crippen LogP contribution in [0, 0.1) is 5.92 Å². The molecule has 1 aliphatic carbocycles. The van der Waals surface area contributed by atoms with Crippen molar-refractivity contribution < 1.29 is 13.2 Å². The molecule has 0 aromatic heterocycles. The first-order chi connectivity index (χ1) is 18.0. The molecule has 4 aromatic rings. The summed E-state index contributed by atoms with van der Waals surface area (Å²) in [6, 6.07) is 27.9. The normalized spacial score (nSPS) is 20.3. The van der Waals surface area contributed by atoms with Crippen LogP contribution in [-0.4, -0.2) is 22.1 Å². The maximum absolute atomic E-state index is 13.2. The van der Waals surface area contributed by atoms with Gasteiger partial charge in [0.05, 0.1) is 18.0 Å². The third-order valence-corrected chi connectivity index (χ3v) is 9.11. The second-order valence-electron chi connectivity index (χ2n) is 9.76. The minimum absolute atomic E-state index is 0.0417. The highest BCUT2D eigenvalue weighted by atomic mass is 32.2. The lowest BCUT2D eigenvalue weighted by Gasteiger charge is -2.38. The van der Waals surface area contributed by atoms with Crippen LogP contribution in [0.2, 0.25) is 0 Å². The average molecular weight is 511 g/mol. The molecule has 188 valence electrons. The Kier molecular flexibility index (Phi) is 6.22. The molecule has 6 rings (SSSR count). The van der Waals surface area contributed by atoms with E-state index in [4.69, 9.17) is 4.74 Å². The molecule has 6 heteroatoms. The van der Waals surface area contributed by atoms with E-state index in [1.165, 1.54) is 10.8 Å². The third-order valence-electron chi connectivity index (χ3n) is 7.65. The zero-order valence-corrected chi connectivity index (χ0v) is 21.5. The summed E-state index contributed by atoms with van der Waals surface area (Å²) in [4.78, 5) is 0.307. The zero-order valence-electron chi connectivity index (χ0n) is 20.7. The highest BCUT2D eigenvalue weighted by molar-refractivity contribution is 7.89. The molecule has 2 N–H and O–H groups in total. The molecule has 4 aromatic carbocycles. The number of ether oxygens (including phenoxy) is 1. The molecular weight excluding hydrogens is 480 g/mol. The molecule has 37 heavy (non-hydrogen) atoms. The molecule has 2 aliphatic rings. The number of hydrogen-bond acceptors (Lipinski definition) is 4. The molecule has 0 fully saturated rings. The lowest BCUT2D eigenvalue weighted by molar-refractivity contribution is 0.383. The number of methoxy groups -OCH3 is 1. The molecule has 3 unspecified atom stereocenters. The standard InChI is InChI=1S/C31H30N2O3S/c1-36-29-17-14-22-10-5-6-11-24(22)30(29)31-26-13-7-12-25(26)27-20-23(15-16-28(27)33-31)37(34,35)32-19-18-21-8-3-2-4-9-21/h2-12,14-17,20,25-26,31-33H,13,18-19H2,1H3. The fourth-order valence-electron chi connectivity index (χ4n) is 5.86. The van der Waals surface area contributed by atoms with E-state index in [1.807, 2.05) is 48.5 Å². The molecule has 5 nitrogen and oxygen atoms in total. The first-order valence-electron chi connectivity index (χ1n) is 12.7. The monoisotopic (exact) mass is 510 g/mol. The summed E-state index contributed by atoms with van der Waals surface area (Å²) in [5.74, 6) is 1.26. The van der Waals surface area contributed by atoms with Crippen LogP contribution in [0.1, 0.15) is 35.1 Å². The van der Waals surface area contributed by atoms with Crippen LogP contribution in [0.15, 0.2) is 102 Å². The zero-order chi connectivity index (χ0) is 25.4. The Bertz CT molecular complexity index is 1580. The number of benzene rings is 4. The van der Waals surface area contributed by atoms with E-state index >= 15 is 0 Å². The van der Waals surface area contributed by atoms with Crippen LogP contribution in [0.25, 0.3) is 10.8 Å². The van der Waals surface area contributed by atoms with Gasteiger partial charge < -0.3 is 10.1 Å². The molecule has 0 bridgehead atoms. The number of nitrogens with one attached hydrogen (secondary N) is 2. The Balaban J connectivity index is 1.32. The predicted molar refractivity (Wildman–Crippen MR) is 149 cm³/mol. The Morgan fingerprint density at radius 1 is 0.973 bits per heavy atom. The van der Waals surface area contributed by atoms with Gasteiger partial charge in [-0.05, 0) is 64.9 Å². The van der Waals surface area contributed by atoms with Crippen LogP contribution < -0.4 is 14.8 Å². The van der Waals surface area contributed by atoms with E-state index in [2.05, 4.69) is 52.5 Å². The van der Waals surface area contributed by atoms with E-state index in [0.29, 0.717) is 17.9 Å². The average Bonchev–Trinajstić information content (AvgIpc) is 3.43. The fourth-order valence-corrected chi connectivity index (χ4v) is 6.92. The predicted octanol–water partition coefficient (Wildman–Crippen LogP) is 6.20. The summed E-state index contributed by atoms with van der Waals surface area (Å²) in [5.41, 5.74) is 4.26. The number of sulfonamides is 1. The van der Waals surface area contributed by atoms with Gasteiger partial charge in [-0.25, -0.2) is 13.1 Å². The molecule has 0 amide bonds. The van der Waals surface area contributed by atoms with Gasteiger partial charge in [-0.15, -0.1) is 0 Å². The molecule has 3 atom stereocenters. The van der Waals surface area contributed by atoms with Gasteiger partial charge in [-0.3, -0.25) is 0 Å². The second kappa shape index (κ2) is 9.69. The van der Waals surface area contributed by atoms with Crippen LogP contribution in [-0.2, 0) is 16.4 Å². The van der Waals surface area contributed by atoms with Gasteiger partial charge in [-0.1, -0.05) is 72.8 Å². The van der Waals surface area contributed by atoms with Gasteiger partial charge in [0.2, 0.25) is 10.0 Å². The highest BCUT2D eigenvalue weighted by Crippen LogP contribution is 2.52. The quantitative estimate of drug-likeness (QED) is 0.291. The number of allylic oxidation sites excluding steroid dienone is 2. The molecule has 1 aliphatic heterocycles. The van der Waals surface area contributed by atoms with Crippen LogP contribution in [0.3, 0.4) is 0 Å². The van der Waals surface area contributed by atoms with Crippen molar-refractivity contribution in [2.45, 2.75) is 29.7 Å². The lowest BCUT2D eigenvalue weighted by Crippen LogP contribution is -2.30. The number of rotatable bonds is 7. The van der Waals surface area contributed by atoms with Crippen molar-refractivity contribution in [3.63, 3.8) is 0 Å². The minimum Gasteiger partial charge on any atom is -0.496 e. The molecule has 0 saturated carbocycles. The summed E-state index contributed by atoms with van der Waals surface area (Å²) in [5, 5.41) is 6.11. The number of anilines is 1. The summed E-state index contributed by atoms with van der Waals surface area (Å²) < 4.78 is 34.9. The number of hydrogen-bond donors (Lipinski definition) is 2. The van der Waals surface area contributed by atoms with Crippen molar-refractivity contribution in [2.24, 2.45) is 5.92 Å². The molecular formula is C31H30N2O3S. The van der Waals surface area contributed by atoms with Crippen LogP contribution >= 0.6 is 0 Å². The van der Waals surface area contributed by atoms with E-state index in [0.717, 1.165) is 34.5 Å². The largest absolute Gasteiger partial charge is 0.496 e. The smallest absolute Gasteiger partial charge is 0.240 e. The maximum atomic E-state index is 13.2. The van der Waals surface area contributed by atoms with Gasteiger partial charge in [-0.2, -0.15) is 0 Å². The van der Waals surface area contributed by atoms with Gasteiger partial charge >= 0.3 is 0 Å². The second-order valence-corrected chi connectivity index (χ2v) is 11.5. The van der Waals surface area contributed by atoms with E-state index < -0.39 is 10.0 Å². The highest BCUT2D eigenvalue weighted by Gasteiger charge is 2.40. The fraction of sp³-hybridized carbons (Fsp3) is 0.226. The van der Waals surface area contributed by atoms with Gasteiger partial charge in [0, 0.05) is 23.7 Å². The van der Waals surface area contributed by atoms with Crippen molar-refractivity contribution in [3.05, 3.63) is 114 Å². The van der Waals surface area contributed by atoms with Gasteiger partial charge in [0.1, 0.15) is 5.75 Å². The van der Waals surface area contributed by atoms with Gasteiger partial charge in [0.15, 0.2) is 0 Å². The topological polar surface area (TPSA) is 67.4 Å². The van der Waals surface area contributed by atoms with Crippen molar-refractivity contribution in [3.8, 4) is 5.75 Å². The summed E-state index contributed by atoms with van der Waals surface area (Å²) in [6.07, 6.45) is 6.01. The van der Waals surface area contributed by atoms with Gasteiger partial charge in [0.25, 0.3) is 0 Å². The summed E-state index contributed by atoms with van der Waals surface area (Å²) in [7, 11) is -1.90. The van der Waals surface area contributed by atoms with Crippen molar-refractivity contribution >= 4 is 26.5 Å². The summed E-state index contributed by atoms with van der Waals surface area (Å²) >= 11 is 0. The Morgan fingerprint density at radius 3 is 2.62 bits per heavy atom. The van der Waals surface area contributed by atoms with E-state index in [-0.39, 0.29) is 17.9 Å². The van der Waals surface area contributed by atoms with E-state index in [9.17, 15) is 8.42 Å². The Labute approximate surface area is 218 Å². The van der Waals surface area contributed by atoms with Crippen LogP contribution in [0.5, 0.6) is 5.75 Å². The SMILES string of the molecule is COc1ccc2ccccc2c1C1Nc2ccc(S(=O)(=O)NCCc3ccccc3)cc2C2C=CCC21. The Hall–Kier alpha value is -3.61. The first-order valence-corrected chi connectivity index (χ1v) is 14.2. The first kappa shape index (κ1) is 23.8. The minimum atomic E-state index is -3.62.